The van der Waals surface area contributed by atoms with E-state index in [0.29, 0.717) is 25.3 Å². The van der Waals surface area contributed by atoms with Crippen molar-refractivity contribution >= 4 is 16.0 Å². The van der Waals surface area contributed by atoms with Crippen LogP contribution in [0.5, 0.6) is 0 Å². The van der Waals surface area contributed by atoms with Crippen LogP contribution in [0.3, 0.4) is 0 Å². The lowest BCUT2D eigenvalue weighted by Gasteiger charge is -2.31. The Labute approximate surface area is 116 Å². The summed E-state index contributed by atoms with van der Waals surface area (Å²) in [6, 6.07) is 0. The first kappa shape index (κ1) is 16.6. The van der Waals surface area contributed by atoms with Crippen LogP contribution in [0.25, 0.3) is 0 Å². The number of carbonyl (C=O) groups is 1. The maximum absolute atomic E-state index is 11.6. The molecule has 0 bridgehead atoms. The van der Waals surface area contributed by atoms with E-state index in [0.717, 1.165) is 25.9 Å². The van der Waals surface area contributed by atoms with E-state index in [1.54, 1.807) is 0 Å². The zero-order chi connectivity index (χ0) is 14.5. The topological polar surface area (TPSA) is 69.7 Å². The molecular weight excluding hydrogens is 266 g/mol. The van der Waals surface area contributed by atoms with Crippen molar-refractivity contribution in [3.8, 4) is 0 Å². The minimum atomic E-state index is -3.32. The molecule has 0 radical (unpaired) electrons. The minimum absolute atomic E-state index is 0.208. The van der Waals surface area contributed by atoms with Crippen LogP contribution in [0.4, 0.5) is 0 Å². The molecule has 6 nitrogen and oxygen atoms in total. The Kier molecular flexibility index (Phi) is 6.38. The molecule has 1 rings (SSSR count). The van der Waals surface area contributed by atoms with Gasteiger partial charge in [0.25, 0.3) is 10.2 Å². The summed E-state index contributed by atoms with van der Waals surface area (Å²) in [5.41, 5.74) is 0. The third-order valence-electron chi connectivity index (χ3n) is 3.58. The first-order valence-corrected chi connectivity index (χ1v) is 8.23. The van der Waals surface area contributed by atoms with Gasteiger partial charge in [0.05, 0.1) is 0 Å². The standard InChI is InChI=1S/C12H25N3O3S/c1-4-12(16)11-5-8-15(9-6-11)10-7-13-19(17,18)14(2)3/h11,13H,4-10H2,1-3H3. The lowest BCUT2D eigenvalue weighted by molar-refractivity contribution is -0.123. The number of piperidine rings is 1. The number of nitrogens with zero attached hydrogens (tertiary/aromatic N) is 2. The fraction of sp³-hybridized carbons (Fsp3) is 0.917. The predicted molar refractivity (Wildman–Crippen MR) is 75.1 cm³/mol. The van der Waals surface area contributed by atoms with E-state index in [4.69, 9.17) is 0 Å². The molecule has 0 atom stereocenters. The second-order valence-corrected chi connectivity index (χ2v) is 7.09. The van der Waals surface area contributed by atoms with Crippen LogP contribution in [0, 0.1) is 5.92 Å². The van der Waals surface area contributed by atoms with E-state index in [1.165, 1.54) is 18.4 Å². The molecule has 1 N–H and O–H groups in total. The largest absolute Gasteiger partial charge is 0.302 e. The number of hydrogen-bond acceptors (Lipinski definition) is 4. The van der Waals surface area contributed by atoms with Gasteiger partial charge < -0.3 is 4.90 Å². The summed E-state index contributed by atoms with van der Waals surface area (Å²) in [5, 5.41) is 0. The van der Waals surface area contributed by atoms with Crippen molar-refractivity contribution in [3.05, 3.63) is 0 Å². The van der Waals surface area contributed by atoms with Gasteiger partial charge in [0.2, 0.25) is 0 Å². The summed E-state index contributed by atoms with van der Waals surface area (Å²) in [6.45, 7) is 4.76. The quantitative estimate of drug-likeness (QED) is 0.721. The lowest BCUT2D eigenvalue weighted by atomic mass is 9.91. The van der Waals surface area contributed by atoms with Crippen molar-refractivity contribution in [2.45, 2.75) is 26.2 Å². The lowest BCUT2D eigenvalue weighted by Crippen LogP contribution is -2.43. The Balaban J connectivity index is 2.25. The van der Waals surface area contributed by atoms with Gasteiger partial charge in [0.15, 0.2) is 0 Å². The Hall–Kier alpha value is -0.500. The highest BCUT2D eigenvalue weighted by molar-refractivity contribution is 7.87. The van der Waals surface area contributed by atoms with Gasteiger partial charge in [-0.3, -0.25) is 4.79 Å². The Morgan fingerprint density at radius 2 is 1.89 bits per heavy atom. The highest BCUT2D eigenvalue weighted by atomic mass is 32.2. The van der Waals surface area contributed by atoms with E-state index in [1.807, 2.05) is 6.92 Å². The molecule has 0 aromatic carbocycles. The Morgan fingerprint density at radius 1 is 1.32 bits per heavy atom. The first-order chi connectivity index (χ1) is 8.86. The van der Waals surface area contributed by atoms with Crippen LogP contribution in [-0.4, -0.2) is 63.7 Å². The molecule has 0 unspecified atom stereocenters. The summed E-state index contributed by atoms with van der Waals surface area (Å²) in [4.78, 5) is 13.8. The first-order valence-electron chi connectivity index (χ1n) is 6.79. The van der Waals surface area contributed by atoms with Gasteiger partial charge in [-0.1, -0.05) is 6.92 Å². The van der Waals surface area contributed by atoms with Crippen molar-refractivity contribution < 1.29 is 13.2 Å². The molecule has 0 aromatic rings. The fourth-order valence-corrected chi connectivity index (χ4v) is 2.84. The Morgan fingerprint density at radius 3 is 2.37 bits per heavy atom. The van der Waals surface area contributed by atoms with Gasteiger partial charge >= 0.3 is 0 Å². The summed E-state index contributed by atoms with van der Waals surface area (Å²) >= 11 is 0. The minimum Gasteiger partial charge on any atom is -0.302 e. The molecule has 1 aliphatic heterocycles. The van der Waals surface area contributed by atoms with Gasteiger partial charge in [-0.2, -0.15) is 12.7 Å². The second kappa shape index (κ2) is 7.33. The van der Waals surface area contributed by atoms with Crippen molar-refractivity contribution in [1.82, 2.24) is 13.9 Å². The molecule has 1 fully saturated rings. The van der Waals surface area contributed by atoms with Crippen LogP contribution in [-0.2, 0) is 15.0 Å². The zero-order valence-corrected chi connectivity index (χ0v) is 12.9. The molecule has 7 heteroatoms. The predicted octanol–water partition coefficient (Wildman–Crippen LogP) is 0.0735. The smallest absolute Gasteiger partial charge is 0.278 e. The molecule has 112 valence electrons. The van der Waals surface area contributed by atoms with Crippen molar-refractivity contribution in [2.24, 2.45) is 5.92 Å². The third kappa shape index (κ3) is 5.18. The van der Waals surface area contributed by atoms with Gasteiger partial charge in [0.1, 0.15) is 5.78 Å². The molecule has 19 heavy (non-hydrogen) atoms. The number of Topliss-reactive ketones (excluding diaryl/α,β-unsaturated/α-hetero) is 1. The van der Waals surface area contributed by atoms with Gasteiger partial charge in [-0.15, -0.1) is 0 Å². The molecule has 0 saturated carbocycles. The molecule has 1 heterocycles. The monoisotopic (exact) mass is 291 g/mol. The van der Waals surface area contributed by atoms with E-state index in [9.17, 15) is 13.2 Å². The zero-order valence-electron chi connectivity index (χ0n) is 12.1. The van der Waals surface area contributed by atoms with Crippen molar-refractivity contribution in [3.63, 3.8) is 0 Å². The number of hydrogen-bond donors (Lipinski definition) is 1. The molecule has 0 amide bonds. The summed E-state index contributed by atoms with van der Waals surface area (Å²) in [7, 11) is -0.316. The summed E-state index contributed by atoms with van der Waals surface area (Å²) in [5.74, 6) is 0.563. The highest BCUT2D eigenvalue weighted by Gasteiger charge is 2.23. The maximum atomic E-state index is 11.6. The molecule has 1 saturated heterocycles. The van der Waals surface area contributed by atoms with E-state index in [2.05, 4.69) is 9.62 Å². The molecule has 0 aromatic heterocycles. The van der Waals surface area contributed by atoms with Crippen molar-refractivity contribution in [1.29, 1.82) is 0 Å². The van der Waals surface area contributed by atoms with E-state index >= 15 is 0 Å². The van der Waals surface area contributed by atoms with Crippen LogP contribution < -0.4 is 4.72 Å². The number of rotatable bonds is 7. The normalized spacial score (nSPS) is 18.9. The Bertz CT molecular complexity index is 387. The molecule has 0 aliphatic carbocycles. The van der Waals surface area contributed by atoms with Crippen LogP contribution >= 0.6 is 0 Å². The maximum Gasteiger partial charge on any atom is 0.278 e. The van der Waals surface area contributed by atoms with Crippen molar-refractivity contribution in [2.75, 3.05) is 40.3 Å². The molecule has 0 spiro atoms. The number of likely N-dealkylation sites (tertiary alicyclic amines) is 1. The average molecular weight is 291 g/mol. The summed E-state index contributed by atoms with van der Waals surface area (Å²) < 4.78 is 26.7. The number of nitrogens with one attached hydrogen (secondary N) is 1. The van der Waals surface area contributed by atoms with Gasteiger partial charge in [0, 0.05) is 39.5 Å². The van der Waals surface area contributed by atoms with E-state index in [-0.39, 0.29) is 5.92 Å². The van der Waals surface area contributed by atoms with Crippen LogP contribution in [0.15, 0.2) is 0 Å². The fourth-order valence-electron chi connectivity index (χ4n) is 2.23. The molecular formula is C12H25N3O3S. The second-order valence-electron chi connectivity index (χ2n) is 5.12. The van der Waals surface area contributed by atoms with Crippen LogP contribution in [0.2, 0.25) is 0 Å². The highest BCUT2D eigenvalue weighted by Crippen LogP contribution is 2.18. The van der Waals surface area contributed by atoms with Gasteiger partial charge in [-0.25, -0.2) is 4.72 Å². The van der Waals surface area contributed by atoms with Gasteiger partial charge in [-0.05, 0) is 25.9 Å². The number of carbonyl (C=O) groups excluding carboxylic acids is 1. The summed E-state index contributed by atoms with van der Waals surface area (Å²) in [6.07, 6.45) is 2.41. The number of ketones is 1. The van der Waals surface area contributed by atoms with Crippen LogP contribution in [0.1, 0.15) is 26.2 Å². The third-order valence-corrected chi connectivity index (χ3v) is 5.11. The average Bonchev–Trinajstić information content (AvgIpc) is 2.38. The SMILES string of the molecule is CCC(=O)C1CCN(CCNS(=O)(=O)N(C)C)CC1. The molecule has 1 aliphatic rings. The van der Waals surface area contributed by atoms with E-state index < -0.39 is 10.2 Å².